The highest BCUT2D eigenvalue weighted by Crippen LogP contribution is 2.18. The molecule has 5 heteroatoms. The Morgan fingerprint density at radius 1 is 1.53 bits per heavy atom. The molecule has 2 atom stereocenters. The van der Waals surface area contributed by atoms with Gasteiger partial charge in [0, 0.05) is 28.3 Å². The van der Waals surface area contributed by atoms with Crippen molar-refractivity contribution in [3.63, 3.8) is 0 Å². The summed E-state index contributed by atoms with van der Waals surface area (Å²) in [6.07, 6.45) is 0.714. The molecular formula is C12H18FNO2S. The van der Waals surface area contributed by atoms with Crippen LogP contribution in [0.3, 0.4) is 0 Å². The summed E-state index contributed by atoms with van der Waals surface area (Å²) in [6.45, 7) is 1.88. The topological polar surface area (TPSA) is 52.3 Å². The first-order valence-corrected chi connectivity index (χ1v) is 6.94. The summed E-state index contributed by atoms with van der Waals surface area (Å²) in [5, 5.41) is 0. The molecule has 2 N–H and O–H groups in total. The van der Waals surface area contributed by atoms with Gasteiger partial charge >= 0.3 is 0 Å². The zero-order valence-electron chi connectivity index (χ0n) is 10.1. The van der Waals surface area contributed by atoms with Gasteiger partial charge in [-0.15, -0.1) is 0 Å². The largest absolute Gasteiger partial charge is 0.494 e. The Morgan fingerprint density at radius 3 is 2.76 bits per heavy atom. The third-order valence-electron chi connectivity index (χ3n) is 2.34. The molecule has 1 aromatic carbocycles. The van der Waals surface area contributed by atoms with Gasteiger partial charge in [0.2, 0.25) is 0 Å². The second-order valence-electron chi connectivity index (χ2n) is 4.02. The Morgan fingerprint density at radius 2 is 2.24 bits per heavy atom. The molecule has 0 fully saturated rings. The first-order valence-electron chi connectivity index (χ1n) is 5.46. The average Bonchev–Trinajstić information content (AvgIpc) is 2.26. The van der Waals surface area contributed by atoms with Gasteiger partial charge in [-0.25, -0.2) is 4.39 Å². The predicted octanol–water partition coefficient (Wildman–Crippen LogP) is 1.82. The van der Waals surface area contributed by atoms with Crippen molar-refractivity contribution in [1.29, 1.82) is 0 Å². The van der Waals surface area contributed by atoms with E-state index in [-0.39, 0.29) is 11.8 Å². The molecular weight excluding hydrogens is 241 g/mol. The first kappa shape index (κ1) is 14.1. The van der Waals surface area contributed by atoms with Crippen LogP contribution in [0, 0.1) is 5.82 Å². The maximum Gasteiger partial charge on any atom is 0.165 e. The van der Waals surface area contributed by atoms with Crippen LogP contribution in [0.25, 0.3) is 0 Å². The standard InChI is InChI=1S/C12H18FNO2S/c1-9(14)5-6-17(15)8-10-3-4-12(16-2)11(13)7-10/h3-4,7,9H,5-6,8,14H2,1-2H3. The second-order valence-corrected chi connectivity index (χ2v) is 5.60. The van der Waals surface area contributed by atoms with Crippen LogP contribution in [0.4, 0.5) is 4.39 Å². The molecule has 0 spiro atoms. The summed E-state index contributed by atoms with van der Waals surface area (Å²) >= 11 is 0. The lowest BCUT2D eigenvalue weighted by Crippen LogP contribution is -2.18. The summed E-state index contributed by atoms with van der Waals surface area (Å²) < 4.78 is 29.9. The summed E-state index contributed by atoms with van der Waals surface area (Å²) in [4.78, 5) is 0. The minimum absolute atomic E-state index is 0.0477. The molecule has 0 radical (unpaired) electrons. The van der Waals surface area contributed by atoms with Crippen molar-refractivity contribution in [1.82, 2.24) is 0 Å². The molecule has 0 saturated carbocycles. The van der Waals surface area contributed by atoms with Crippen LogP contribution < -0.4 is 10.5 Å². The molecule has 3 nitrogen and oxygen atoms in total. The van der Waals surface area contributed by atoms with Gasteiger partial charge in [-0.2, -0.15) is 0 Å². The zero-order valence-corrected chi connectivity index (χ0v) is 10.9. The van der Waals surface area contributed by atoms with Gasteiger partial charge in [0.1, 0.15) is 0 Å². The van der Waals surface area contributed by atoms with E-state index in [1.165, 1.54) is 13.2 Å². The lowest BCUT2D eigenvalue weighted by atomic mass is 10.2. The summed E-state index contributed by atoms with van der Waals surface area (Å²) in [7, 11) is 0.420. The molecule has 0 aromatic heterocycles. The highest BCUT2D eigenvalue weighted by Gasteiger charge is 2.07. The number of methoxy groups -OCH3 is 1. The monoisotopic (exact) mass is 259 g/mol. The van der Waals surface area contributed by atoms with E-state index in [9.17, 15) is 8.60 Å². The third-order valence-corrected chi connectivity index (χ3v) is 3.69. The lowest BCUT2D eigenvalue weighted by Gasteiger charge is -2.07. The molecule has 1 rings (SSSR count). The van der Waals surface area contributed by atoms with Crippen LogP contribution in [0.2, 0.25) is 0 Å². The molecule has 0 heterocycles. The number of hydrogen-bond donors (Lipinski definition) is 1. The van der Waals surface area contributed by atoms with Gasteiger partial charge in [0.05, 0.1) is 7.11 Å². The van der Waals surface area contributed by atoms with Gasteiger partial charge in [-0.3, -0.25) is 4.21 Å². The average molecular weight is 259 g/mol. The van der Waals surface area contributed by atoms with Crippen molar-refractivity contribution in [2.45, 2.75) is 25.1 Å². The normalized spacial score (nSPS) is 14.4. The van der Waals surface area contributed by atoms with Gasteiger partial charge < -0.3 is 10.5 Å². The molecule has 0 aliphatic heterocycles. The lowest BCUT2D eigenvalue weighted by molar-refractivity contribution is 0.386. The maximum atomic E-state index is 13.4. The smallest absolute Gasteiger partial charge is 0.165 e. The summed E-state index contributed by atoms with van der Waals surface area (Å²) in [6, 6.07) is 4.69. The molecule has 0 aliphatic rings. The van der Waals surface area contributed by atoms with Crippen LogP contribution in [0.15, 0.2) is 18.2 Å². The Balaban J connectivity index is 2.57. The molecule has 0 amide bonds. The van der Waals surface area contributed by atoms with Crippen LogP contribution in [-0.4, -0.2) is 23.1 Å². The van der Waals surface area contributed by atoms with Crippen LogP contribution >= 0.6 is 0 Å². The SMILES string of the molecule is COc1ccc(CS(=O)CCC(C)N)cc1F. The van der Waals surface area contributed by atoms with E-state index in [1.54, 1.807) is 12.1 Å². The van der Waals surface area contributed by atoms with Gasteiger partial charge in [-0.1, -0.05) is 6.07 Å². The van der Waals surface area contributed by atoms with E-state index in [0.29, 0.717) is 23.5 Å². The van der Waals surface area contributed by atoms with Crippen molar-refractivity contribution >= 4 is 10.8 Å². The summed E-state index contributed by atoms with van der Waals surface area (Å²) in [5.41, 5.74) is 6.30. The molecule has 0 bridgehead atoms. The van der Waals surface area contributed by atoms with E-state index in [0.717, 1.165) is 0 Å². The van der Waals surface area contributed by atoms with Crippen molar-refractivity contribution in [3.8, 4) is 5.75 Å². The molecule has 17 heavy (non-hydrogen) atoms. The Bertz CT molecular complexity index is 396. The van der Waals surface area contributed by atoms with E-state index in [1.807, 2.05) is 6.92 Å². The fraction of sp³-hybridized carbons (Fsp3) is 0.500. The van der Waals surface area contributed by atoms with Crippen molar-refractivity contribution < 1.29 is 13.3 Å². The number of ether oxygens (including phenoxy) is 1. The van der Waals surface area contributed by atoms with E-state index < -0.39 is 16.6 Å². The predicted molar refractivity (Wildman–Crippen MR) is 67.9 cm³/mol. The molecule has 2 unspecified atom stereocenters. The first-order chi connectivity index (χ1) is 8.02. The van der Waals surface area contributed by atoms with Crippen LogP contribution in [0.5, 0.6) is 5.75 Å². The van der Waals surface area contributed by atoms with Crippen LogP contribution in [0.1, 0.15) is 18.9 Å². The fourth-order valence-corrected chi connectivity index (χ4v) is 2.71. The summed E-state index contributed by atoms with van der Waals surface area (Å²) in [5.74, 6) is 0.683. The number of nitrogens with two attached hydrogens (primary N) is 1. The molecule has 1 aromatic rings. The van der Waals surface area contributed by atoms with E-state index in [2.05, 4.69) is 0 Å². The Kier molecular flexibility index (Phi) is 5.58. The van der Waals surface area contributed by atoms with E-state index in [4.69, 9.17) is 10.5 Å². The fourth-order valence-electron chi connectivity index (χ4n) is 1.38. The van der Waals surface area contributed by atoms with Gasteiger partial charge in [-0.05, 0) is 31.0 Å². The highest BCUT2D eigenvalue weighted by molar-refractivity contribution is 7.84. The van der Waals surface area contributed by atoms with Gasteiger partial charge in [0.15, 0.2) is 11.6 Å². The highest BCUT2D eigenvalue weighted by atomic mass is 32.2. The maximum absolute atomic E-state index is 13.4. The molecule has 0 aliphatic carbocycles. The van der Waals surface area contributed by atoms with Gasteiger partial charge in [0.25, 0.3) is 0 Å². The molecule has 0 saturated heterocycles. The molecule has 96 valence electrons. The second kappa shape index (κ2) is 6.71. The number of halogens is 1. The zero-order chi connectivity index (χ0) is 12.8. The van der Waals surface area contributed by atoms with Crippen molar-refractivity contribution in [2.24, 2.45) is 5.73 Å². The van der Waals surface area contributed by atoms with Crippen LogP contribution in [-0.2, 0) is 16.6 Å². The third kappa shape index (κ3) is 4.83. The Labute approximate surface area is 104 Å². The quantitative estimate of drug-likeness (QED) is 0.848. The number of rotatable bonds is 6. The van der Waals surface area contributed by atoms with E-state index >= 15 is 0 Å². The minimum Gasteiger partial charge on any atom is -0.494 e. The van der Waals surface area contributed by atoms with Crippen molar-refractivity contribution in [2.75, 3.05) is 12.9 Å². The van der Waals surface area contributed by atoms with Crippen molar-refractivity contribution in [3.05, 3.63) is 29.6 Å². The number of benzene rings is 1. The Hall–Kier alpha value is -0.940. The number of hydrogen-bond acceptors (Lipinski definition) is 3. The minimum atomic E-state index is -0.996.